The summed E-state index contributed by atoms with van der Waals surface area (Å²) in [4.78, 5) is 11.6. The Hall–Kier alpha value is -1.83. The SMILES string of the molecule is NCCOCCOCCNC(=O)Cc1ccc(O)c(O)c1. The second kappa shape index (κ2) is 9.98. The van der Waals surface area contributed by atoms with E-state index in [0.29, 0.717) is 45.1 Å². The molecule has 1 amide bonds. The Morgan fingerprint density at radius 1 is 1.10 bits per heavy atom. The highest BCUT2D eigenvalue weighted by Gasteiger charge is 2.05. The molecule has 1 rings (SSSR count). The van der Waals surface area contributed by atoms with Crippen LogP contribution in [0.4, 0.5) is 0 Å². The first kappa shape index (κ1) is 17.2. The van der Waals surface area contributed by atoms with Crippen molar-refractivity contribution < 1.29 is 24.5 Å². The van der Waals surface area contributed by atoms with Crippen LogP contribution in [-0.2, 0) is 20.7 Å². The molecule has 0 bridgehead atoms. The zero-order valence-corrected chi connectivity index (χ0v) is 11.9. The fraction of sp³-hybridized carbons (Fsp3) is 0.500. The first-order chi connectivity index (χ1) is 10.1. The number of hydrogen-bond acceptors (Lipinski definition) is 6. The molecule has 0 aliphatic carbocycles. The van der Waals surface area contributed by atoms with Gasteiger partial charge in [-0.15, -0.1) is 0 Å². The average Bonchev–Trinajstić information content (AvgIpc) is 2.46. The van der Waals surface area contributed by atoms with Gasteiger partial charge in [-0.25, -0.2) is 0 Å². The molecule has 21 heavy (non-hydrogen) atoms. The quantitative estimate of drug-likeness (QED) is 0.350. The van der Waals surface area contributed by atoms with Gasteiger partial charge in [0.25, 0.3) is 0 Å². The molecule has 5 N–H and O–H groups in total. The molecule has 0 radical (unpaired) electrons. The largest absolute Gasteiger partial charge is 0.504 e. The normalized spacial score (nSPS) is 10.5. The lowest BCUT2D eigenvalue weighted by Gasteiger charge is -2.07. The maximum Gasteiger partial charge on any atom is 0.224 e. The highest BCUT2D eigenvalue weighted by Crippen LogP contribution is 2.24. The van der Waals surface area contributed by atoms with Crippen molar-refractivity contribution in [2.75, 3.05) is 39.5 Å². The summed E-state index contributed by atoms with van der Waals surface area (Å²) in [5.74, 6) is -0.617. The molecular weight excluding hydrogens is 276 g/mol. The van der Waals surface area contributed by atoms with Crippen LogP contribution >= 0.6 is 0 Å². The summed E-state index contributed by atoms with van der Waals surface area (Å²) in [7, 11) is 0. The number of phenolic OH excluding ortho intramolecular Hbond substituents is 2. The third-order valence-corrected chi connectivity index (χ3v) is 2.61. The van der Waals surface area contributed by atoms with Crippen molar-refractivity contribution in [1.82, 2.24) is 5.32 Å². The Labute approximate surface area is 123 Å². The smallest absolute Gasteiger partial charge is 0.224 e. The number of nitrogens with two attached hydrogens (primary N) is 1. The lowest BCUT2D eigenvalue weighted by atomic mass is 10.1. The molecule has 1 aromatic rings. The van der Waals surface area contributed by atoms with Gasteiger partial charge in [0.1, 0.15) is 0 Å². The van der Waals surface area contributed by atoms with Crippen molar-refractivity contribution in [2.45, 2.75) is 6.42 Å². The van der Waals surface area contributed by atoms with E-state index >= 15 is 0 Å². The van der Waals surface area contributed by atoms with E-state index in [4.69, 9.17) is 15.2 Å². The summed E-state index contributed by atoms with van der Waals surface area (Å²) < 4.78 is 10.4. The summed E-state index contributed by atoms with van der Waals surface area (Å²) in [5.41, 5.74) is 5.89. The fourth-order valence-electron chi connectivity index (χ4n) is 1.59. The van der Waals surface area contributed by atoms with Gasteiger partial charge in [-0.05, 0) is 17.7 Å². The Balaban J connectivity index is 2.10. The van der Waals surface area contributed by atoms with E-state index in [9.17, 15) is 15.0 Å². The molecule has 0 aliphatic rings. The van der Waals surface area contributed by atoms with Gasteiger partial charge >= 0.3 is 0 Å². The van der Waals surface area contributed by atoms with Crippen molar-refractivity contribution in [1.29, 1.82) is 0 Å². The molecule has 0 saturated carbocycles. The van der Waals surface area contributed by atoms with Gasteiger partial charge in [0.2, 0.25) is 5.91 Å². The van der Waals surface area contributed by atoms with Crippen molar-refractivity contribution in [3.05, 3.63) is 23.8 Å². The van der Waals surface area contributed by atoms with Crippen LogP contribution in [0.2, 0.25) is 0 Å². The number of benzene rings is 1. The van der Waals surface area contributed by atoms with Gasteiger partial charge in [0.05, 0.1) is 32.8 Å². The van der Waals surface area contributed by atoms with Crippen LogP contribution in [0.3, 0.4) is 0 Å². The molecule has 7 heteroatoms. The summed E-state index contributed by atoms with van der Waals surface area (Å²) in [6.07, 6.45) is 0.132. The van der Waals surface area contributed by atoms with Gasteiger partial charge in [-0.2, -0.15) is 0 Å². The molecule has 0 heterocycles. The molecule has 0 spiro atoms. The van der Waals surface area contributed by atoms with Crippen molar-refractivity contribution in [3.8, 4) is 11.5 Å². The number of nitrogens with one attached hydrogen (secondary N) is 1. The number of carbonyl (C=O) groups is 1. The zero-order chi connectivity index (χ0) is 15.5. The van der Waals surface area contributed by atoms with Gasteiger partial charge in [-0.3, -0.25) is 4.79 Å². The van der Waals surface area contributed by atoms with Crippen molar-refractivity contribution >= 4 is 5.91 Å². The molecule has 0 unspecified atom stereocenters. The highest BCUT2D eigenvalue weighted by molar-refractivity contribution is 5.78. The lowest BCUT2D eigenvalue weighted by Crippen LogP contribution is -2.29. The number of aromatic hydroxyl groups is 2. The molecule has 7 nitrogen and oxygen atoms in total. The zero-order valence-electron chi connectivity index (χ0n) is 11.9. The summed E-state index contributed by atoms with van der Waals surface area (Å²) >= 11 is 0. The fourth-order valence-corrected chi connectivity index (χ4v) is 1.59. The van der Waals surface area contributed by atoms with Crippen molar-refractivity contribution in [3.63, 3.8) is 0 Å². The number of rotatable bonds is 10. The van der Waals surface area contributed by atoms with Crippen LogP contribution in [-0.4, -0.2) is 55.6 Å². The number of ether oxygens (including phenoxy) is 2. The summed E-state index contributed by atoms with van der Waals surface area (Å²) in [5, 5.41) is 21.2. The molecule has 1 aromatic carbocycles. The molecular formula is C14H22N2O5. The minimum Gasteiger partial charge on any atom is -0.504 e. The standard InChI is InChI=1S/C14H22N2O5/c15-3-5-20-7-8-21-6-4-16-14(19)10-11-1-2-12(17)13(18)9-11/h1-2,9,17-18H,3-8,10,15H2,(H,16,19). The maximum atomic E-state index is 11.6. The second-order valence-electron chi connectivity index (χ2n) is 4.36. The Morgan fingerprint density at radius 2 is 1.81 bits per heavy atom. The second-order valence-corrected chi connectivity index (χ2v) is 4.36. The lowest BCUT2D eigenvalue weighted by molar-refractivity contribution is -0.120. The van der Waals surface area contributed by atoms with E-state index in [1.54, 1.807) is 6.07 Å². The van der Waals surface area contributed by atoms with Crippen LogP contribution < -0.4 is 11.1 Å². The minimum absolute atomic E-state index is 0.132. The number of hydrogen-bond donors (Lipinski definition) is 4. The monoisotopic (exact) mass is 298 g/mol. The first-order valence-electron chi connectivity index (χ1n) is 6.76. The Bertz CT molecular complexity index is 439. The third kappa shape index (κ3) is 7.50. The van der Waals surface area contributed by atoms with Crippen LogP contribution in [0.15, 0.2) is 18.2 Å². The van der Waals surface area contributed by atoms with E-state index < -0.39 is 0 Å². The van der Waals surface area contributed by atoms with Gasteiger partial charge in [-0.1, -0.05) is 6.07 Å². The first-order valence-corrected chi connectivity index (χ1v) is 6.76. The van der Waals surface area contributed by atoms with E-state index in [2.05, 4.69) is 5.32 Å². The van der Waals surface area contributed by atoms with Gasteiger partial charge < -0.3 is 30.7 Å². The van der Waals surface area contributed by atoms with Crippen LogP contribution in [0.5, 0.6) is 11.5 Å². The summed E-state index contributed by atoms with van der Waals surface area (Å²) in [6, 6.07) is 4.29. The van der Waals surface area contributed by atoms with Gasteiger partial charge in [0, 0.05) is 13.1 Å². The van der Waals surface area contributed by atoms with E-state index in [1.165, 1.54) is 12.1 Å². The number of carbonyl (C=O) groups excluding carboxylic acids is 1. The average molecular weight is 298 g/mol. The molecule has 0 atom stereocenters. The van der Waals surface area contributed by atoms with Crippen LogP contribution in [0, 0.1) is 0 Å². The topological polar surface area (TPSA) is 114 Å². The van der Waals surface area contributed by atoms with Crippen LogP contribution in [0.25, 0.3) is 0 Å². The molecule has 118 valence electrons. The highest BCUT2D eigenvalue weighted by atomic mass is 16.5. The van der Waals surface area contributed by atoms with Crippen LogP contribution in [0.1, 0.15) is 5.56 Å². The van der Waals surface area contributed by atoms with Gasteiger partial charge in [0.15, 0.2) is 11.5 Å². The number of amides is 1. The predicted octanol–water partition coefficient (Wildman–Crippen LogP) is -0.252. The molecule has 0 aliphatic heterocycles. The molecule has 0 fully saturated rings. The van der Waals surface area contributed by atoms with E-state index in [1.807, 2.05) is 0 Å². The molecule has 0 aromatic heterocycles. The summed E-state index contributed by atoms with van der Waals surface area (Å²) in [6.45, 7) is 2.75. The Kier molecular flexibility index (Phi) is 8.18. The third-order valence-electron chi connectivity index (χ3n) is 2.61. The molecule has 0 saturated heterocycles. The maximum absolute atomic E-state index is 11.6. The van der Waals surface area contributed by atoms with E-state index in [0.717, 1.165) is 0 Å². The van der Waals surface area contributed by atoms with E-state index in [-0.39, 0.29) is 23.8 Å². The Morgan fingerprint density at radius 3 is 2.48 bits per heavy atom. The number of phenols is 2. The minimum atomic E-state index is -0.235. The predicted molar refractivity (Wildman–Crippen MR) is 77.2 cm³/mol. The van der Waals surface area contributed by atoms with Crippen molar-refractivity contribution in [2.24, 2.45) is 5.73 Å².